The maximum atomic E-state index is 12.0. The molecule has 0 saturated heterocycles. The molecule has 0 unspecified atom stereocenters. The van der Waals surface area contributed by atoms with Crippen LogP contribution >= 0.6 is 0 Å². The minimum Gasteiger partial charge on any atom is -0.379 e. The number of rotatable bonds is 4. The lowest BCUT2D eigenvalue weighted by molar-refractivity contribution is 0.0827. The molecule has 0 fully saturated rings. The summed E-state index contributed by atoms with van der Waals surface area (Å²) in [6.07, 6.45) is 3.23. The van der Waals surface area contributed by atoms with Gasteiger partial charge in [0.2, 0.25) is 0 Å². The second-order valence-electron chi connectivity index (χ2n) is 4.78. The summed E-state index contributed by atoms with van der Waals surface area (Å²) in [5, 5.41) is 3.30. The fourth-order valence-corrected chi connectivity index (χ4v) is 1.81. The Hall–Kier alpha value is -2.43. The average Bonchev–Trinajstić information content (AvgIpc) is 2.46. The highest BCUT2D eigenvalue weighted by molar-refractivity contribution is 5.95. The van der Waals surface area contributed by atoms with Crippen LogP contribution in [0.2, 0.25) is 0 Å². The zero-order valence-electron chi connectivity index (χ0n) is 11.9. The molecule has 5 heteroatoms. The van der Waals surface area contributed by atoms with Gasteiger partial charge in [0.15, 0.2) is 0 Å². The topological polar surface area (TPSA) is 58.1 Å². The number of anilines is 1. The van der Waals surface area contributed by atoms with Gasteiger partial charge in [-0.25, -0.2) is 9.97 Å². The molecule has 5 nitrogen and oxygen atoms in total. The van der Waals surface area contributed by atoms with E-state index in [4.69, 9.17) is 0 Å². The van der Waals surface area contributed by atoms with Gasteiger partial charge in [-0.3, -0.25) is 4.79 Å². The Bertz CT molecular complexity index is 596. The van der Waals surface area contributed by atoms with Gasteiger partial charge in [-0.1, -0.05) is 6.07 Å². The molecule has 0 bridgehead atoms. The van der Waals surface area contributed by atoms with Crippen LogP contribution in [-0.2, 0) is 6.54 Å². The minimum atomic E-state index is -0.00455. The zero-order valence-corrected chi connectivity index (χ0v) is 11.9. The monoisotopic (exact) mass is 270 g/mol. The number of hydrogen-bond donors (Lipinski definition) is 1. The average molecular weight is 270 g/mol. The Morgan fingerprint density at radius 3 is 2.75 bits per heavy atom. The molecule has 0 atom stereocenters. The van der Waals surface area contributed by atoms with Crippen LogP contribution in [0.3, 0.4) is 0 Å². The van der Waals surface area contributed by atoms with Crippen molar-refractivity contribution >= 4 is 11.6 Å². The smallest absolute Gasteiger partial charge is 0.253 e. The fourth-order valence-electron chi connectivity index (χ4n) is 1.81. The summed E-state index contributed by atoms with van der Waals surface area (Å²) in [5.41, 5.74) is 3.61. The van der Waals surface area contributed by atoms with Crippen LogP contribution in [0, 0.1) is 6.92 Å². The molecule has 0 radical (unpaired) electrons. The molecule has 1 N–H and O–H groups in total. The standard InChI is InChI=1S/C15H18N4O/c1-11-4-5-12(15(20)19(2)3)8-14(11)17-9-13-6-7-16-10-18-13/h4-8,10,17H,9H2,1-3H3. The summed E-state index contributed by atoms with van der Waals surface area (Å²) in [6, 6.07) is 7.52. The van der Waals surface area contributed by atoms with Crippen molar-refractivity contribution in [3.05, 3.63) is 53.6 Å². The van der Waals surface area contributed by atoms with Crippen LogP contribution in [0.15, 0.2) is 36.8 Å². The van der Waals surface area contributed by atoms with Crippen molar-refractivity contribution in [1.29, 1.82) is 0 Å². The Morgan fingerprint density at radius 2 is 2.10 bits per heavy atom. The number of aromatic nitrogens is 2. The van der Waals surface area contributed by atoms with E-state index in [0.717, 1.165) is 16.9 Å². The SMILES string of the molecule is Cc1ccc(C(=O)N(C)C)cc1NCc1ccncn1. The van der Waals surface area contributed by atoms with Crippen molar-refractivity contribution in [3.8, 4) is 0 Å². The van der Waals surface area contributed by atoms with Crippen molar-refractivity contribution in [2.24, 2.45) is 0 Å². The van der Waals surface area contributed by atoms with E-state index >= 15 is 0 Å². The molecule has 0 saturated carbocycles. The molecule has 20 heavy (non-hydrogen) atoms. The Morgan fingerprint density at radius 1 is 1.30 bits per heavy atom. The van der Waals surface area contributed by atoms with Crippen molar-refractivity contribution in [3.63, 3.8) is 0 Å². The van der Waals surface area contributed by atoms with Crippen molar-refractivity contribution in [2.45, 2.75) is 13.5 Å². The van der Waals surface area contributed by atoms with E-state index in [1.807, 2.05) is 31.2 Å². The van der Waals surface area contributed by atoms with Gasteiger partial charge in [-0.2, -0.15) is 0 Å². The van der Waals surface area contributed by atoms with Crippen LogP contribution in [0.5, 0.6) is 0 Å². The highest BCUT2D eigenvalue weighted by Crippen LogP contribution is 2.18. The first-order valence-electron chi connectivity index (χ1n) is 6.39. The minimum absolute atomic E-state index is 0.00455. The maximum absolute atomic E-state index is 12.0. The van der Waals surface area contributed by atoms with E-state index in [0.29, 0.717) is 12.1 Å². The number of nitrogens with zero attached hydrogens (tertiary/aromatic N) is 3. The summed E-state index contributed by atoms with van der Waals surface area (Å²) >= 11 is 0. The first-order chi connectivity index (χ1) is 9.58. The summed E-state index contributed by atoms with van der Waals surface area (Å²) in [4.78, 5) is 21.6. The van der Waals surface area contributed by atoms with E-state index in [1.54, 1.807) is 25.2 Å². The Balaban J connectivity index is 2.15. The van der Waals surface area contributed by atoms with E-state index in [1.165, 1.54) is 6.33 Å². The quantitative estimate of drug-likeness (QED) is 0.924. The summed E-state index contributed by atoms with van der Waals surface area (Å²) in [6.45, 7) is 2.61. The van der Waals surface area contributed by atoms with Crippen molar-refractivity contribution < 1.29 is 4.79 Å². The van der Waals surface area contributed by atoms with Crippen LogP contribution in [0.4, 0.5) is 5.69 Å². The van der Waals surface area contributed by atoms with Gasteiger partial charge in [0, 0.05) is 31.5 Å². The molecule has 0 aliphatic heterocycles. The Labute approximate surface area is 118 Å². The number of amides is 1. The van der Waals surface area contributed by atoms with E-state index in [9.17, 15) is 4.79 Å². The first-order valence-corrected chi connectivity index (χ1v) is 6.39. The lowest BCUT2D eigenvalue weighted by atomic mass is 10.1. The molecule has 1 amide bonds. The number of aryl methyl sites for hydroxylation is 1. The predicted octanol–water partition coefficient (Wildman–Crippen LogP) is 2.10. The summed E-state index contributed by atoms with van der Waals surface area (Å²) < 4.78 is 0. The van der Waals surface area contributed by atoms with Gasteiger partial charge in [0.1, 0.15) is 6.33 Å². The second-order valence-corrected chi connectivity index (χ2v) is 4.78. The number of hydrogen-bond acceptors (Lipinski definition) is 4. The molecule has 0 aliphatic rings. The highest BCUT2D eigenvalue weighted by Gasteiger charge is 2.09. The van der Waals surface area contributed by atoms with E-state index < -0.39 is 0 Å². The van der Waals surface area contributed by atoms with Crippen LogP contribution in [-0.4, -0.2) is 34.9 Å². The maximum Gasteiger partial charge on any atom is 0.253 e. The molecule has 1 heterocycles. The molecule has 0 aliphatic carbocycles. The summed E-state index contributed by atoms with van der Waals surface area (Å²) in [7, 11) is 3.49. The van der Waals surface area contributed by atoms with E-state index in [2.05, 4.69) is 15.3 Å². The van der Waals surface area contributed by atoms with Gasteiger partial charge in [-0.15, -0.1) is 0 Å². The molecule has 2 aromatic rings. The second kappa shape index (κ2) is 6.14. The van der Waals surface area contributed by atoms with Crippen molar-refractivity contribution in [1.82, 2.24) is 14.9 Å². The van der Waals surface area contributed by atoms with E-state index in [-0.39, 0.29) is 5.91 Å². The third-order valence-corrected chi connectivity index (χ3v) is 2.99. The number of nitrogens with one attached hydrogen (secondary N) is 1. The molecular weight excluding hydrogens is 252 g/mol. The summed E-state index contributed by atoms with van der Waals surface area (Å²) in [5.74, 6) is -0.00455. The third-order valence-electron chi connectivity index (χ3n) is 2.99. The number of carbonyl (C=O) groups excluding carboxylic acids is 1. The lowest BCUT2D eigenvalue weighted by Crippen LogP contribution is -2.21. The van der Waals surface area contributed by atoms with Crippen LogP contribution in [0.1, 0.15) is 21.6 Å². The molecular formula is C15H18N4O. The molecule has 1 aromatic heterocycles. The molecule has 104 valence electrons. The number of carbonyl (C=O) groups is 1. The van der Waals surface area contributed by atoms with Crippen molar-refractivity contribution in [2.75, 3.05) is 19.4 Å². The number of benzene rings is 1. The largest absolute Gasteiger partial charge is 0.379 e. The predicted molar refractivity (Wildman–Crippen MR) is 78.6 cm³/mol. The lowest BCUT2D eigenvalue weighted by Gasteiger charge is -2.14. The molecule has 1 aromatic carbocycles. The van der Waals surface area contributed by atoms with Crippen LogP contribution < -0.4 is 5.32 Å². The molecule has 0 spiro atoms. The Kier molecular flexibility index (Phi) is 4.30. The van der Waals surface area contributed by atoms with Gasteiger partial charge < -0.3 is 10.2 Å². The first kappa shape index (κ1) is 14.0. The normalized spacial score (nSPS) is 10.2. The van der Waals surface area contributed by atoms with Gasteiger partial charge >= 0.3 is 0 Å². The third kappa shape index (κ3) is 3.32. The van der Waals surface area contributed by atoms with Gasteiger partial charge in [0.25, 0.3) is 5.91 Å². The highest BCUT2D eigenvalue weighted by atomic mass is 16.2. The zero-order chi connectivity index (χ0) is 14.5. The fraction of sp³-hybridized carbons (Fsp3) is 0.267. The van der Waals surface area contributed by atoms with Gasteiger partial charge in [0.05, 0.1) is 12.2 Å². The van der Waals surface area contributed by atoms with Crippen LogP contribution in [0.25, 0.3) is 0 Å². The van der Waals surface area contributed by atoms with Gasteiger partial charge in [-0.05, 0) is 30.7 Å². The molecule has 2 rings (SSSR count).